The number of para-hydroxylation sites is 6. The molecule has 0 radical (unpaired) electrons. The molecule has 0 spiro atoms. The Labute approximate surface area is 761 Å². The first-order valence-electron chi connectivity index (χ1n) is 45.4. The van der Waals surface area contributed by atoms with Gasteiger partial charge in [-0.3, -0.25) is 0 Å². The van der Waals surface area contributed by atoms with Crippen molar-refractivity contribution in [3.63, 3.8) is 0 Å². The number of hydrogen-bond donors (Lipinski definition) is 0. The van der Waals surface area contributed by atoms with Crippen molar-refractivity contribution in [3.05, 3.63) is 498 Å². The molecular weight excluding hydrogens is 1600 g/mol. The highest BCUT2D eigenvalue weighted by atomic mass is 15.0. The van der Waals surface area contributed by atoms with Crippen LogP contribution in [0.5, 0.6) is 0 Å². The minimum absolute atomic E-state index is 1.15. The Morgan fingerprint density at radius 3 is 0.773 bits per heavy atom. The summed E-state index contributed by atoms with van der Waals surface area (Å²) in [5, 5.41) is 26.7. The van der Waals surface area contributed by atoms with Crippen molar-refractivity contribution in [2.24, 2.45) is 0 Å². The summed E-state index contributed by atoms with van der Waals surface area (Å²) in [7, 11) is 0. The molecule has 22 aromatic carbocycles. The Balaban J connectivity index is 0.000000104. The van der Waals surface area contributed by atoms with E-state index in [2.05, 4.69) is 525 Å². The predicted octanol–water partition coefficient (Wildman–Crippen LogP) is 33.8. The molecule has 28 rings (SSSR count). The van der Waals surface area contributed by atoms with Crippen LogP contribution in [-0.2, 0) is 0 Å². The molecule has 0 unspecified atom stereocenters. The summed E-state index contributed by atoms with van der Waals surface area (Å²) in [6, 6.07) is 174. The zero-order valence-electron chi connectivity index (χ0n) is 72.0. The molecule has 28 aromatic rings. The molecule has 0 amide bonds. The number of benzene rings is 22. The Morgan fingerprint density at radius 2 is 0.386 bits per heavy atom. The SMILES string of the molecule is c1ccc(-c2c3ccccc3c(-c3ccc(-n4c5ccccc5c5c6ccn(-c7ccccc7)c6ccc54)cc3)c3ccccc23)cc1.c1ccc(-c2c3ccccc3c(-n3c4ccccc4c4c5ccn(-c6ccccc6)c5ccc43)c3ccccc23)cc1.c1ccc(-n2ccc3c4c5ccccc5n(-c5cccc(-c6c7ccccc7cc7ccccc67)c5)c4ccc32)cc1. The first kappa shape index (κ1) is 75.7. The topological polar surface area (TPSA) is 29.6 Å². The van der Waals surface area contributed by atoms with Gasteiger partial charge in [-0.15, -0.1) is 0 Å². The van der Waals surface area contributed by atoms with Gasteiger partial charge in [0.2, 0.25) is 0 Å². The van der Waals surface area contributed by atoms with E-state index in [1.807, 2.05) is 0 Å². The molecule has 0 saturated carbocycles. The molecule has 0 aliphatic rings. The minimum atomic E-state index is 1.15. The van der Waals surface area contributed by atoms with E-state index >= 15 is 0 Å². The molecule has 0 saturated heterocycles. The van der Waals surface area contributed by atoms with Crippen LogP contribution in [0.2, 0.25) is 0 Å². The summed E-state index contributed by atoms with van der Waals surface area (Å²) in [6.07, 6.45) is 6.58. The van der Waals surface area contributed by atoms with E-state index in [1.54, 1.807) is 0 Å². The van der Waals surface area contributed by atoms with Crippen LogP contribution in [0.3, 0.4) is 0 Å². The Bertz CT molecular complexity index is 9270. The van der Waals surface area contributed by atoms with Crippen LogP contribution in [0.15, 0.2) is 498 Å². The summed E-state index contributed by atoms with van der Waals surface area (Å²) in [6.45, 7) is 0. The minimum Gasteiger partial charge on any atom is -0.317 e. The van der Waals surface area contributed by atoms with E-state index in [0.29, 0.717) is 0 Å². The molecule has 6 heteroatoms. The third-order valence-electron chi connectivity index (χ3n) is 27.4. The van der Waals surface area contributed by atoms with Gasteiger partial charge < -0.3 is 27.4 Å². The second-order valence-corrected chi connectivity index (χ2v) is 34.5. The van der Waals surface area contributed by atoms with E-state index in [-0.39, 0.29) is 0 Å². The maximum absolute atomic E-state index is 2.50. The van der Waals surface area contributed by atoms with Crippen LogP contribution in [0.4, 0.5) is 0 Å². The van der Waals surface area contributed by atoms with Gasteiger partial charge in [0, 0.05) is 106 Å². The summed E-state index contributed by atoms with van der Waals surface area (Å²) < 4.78 is 14.2. The number of rotatable bonds is 10. The quantitative estimate of drug-likeness (QED) is 0.122. The molecule has 6 nitrogen and oxygen atoms in total. The second-order valence-electron chi connectivity index (χ2n) is 34.5. The van der Waals surface area contributed by atoms with Crippen molar-refractivity contribution >= 4 is 163 Å². The molecule has 0 N–H and O–H groups in total. The summed E-state index contributed by atoms with van der Waals surface area (Å²) in [5.74, 6) is 0. The van der Waals surface area contributed by atoms with Crippen LogP contribution < -0.4 is 0 Å². The van der Waals surface area contributed by atoms with Crippen LogP contribution in [-0.4, -0.2) is 27.4 Å². The standard InChI is InChI=1S/C46H30N2.2C40H26N2/c1-3-13-31(14-4-1)44-35-17-7-9-19-37(35)45(38-20-10-8-18-36(38)44)32-23-25-34(26-24-32)48-42-22-12-11-21-39(42)46-40-29-30-47(33-15-5-2-6-16-33)41(40)27-28-43(46)48;1-3-13-27(14-4-1)38-29-17-7-9-19-31(29)40(32-20-10-8-18-30(32)38)42-36-22-12-11-21-33(36)39-34-25-26-41(28-15-5-2-6-16-28)35(34)23-24-37(39)42;1-2-14-30(15-3-1)41-24-23-35-36(41)21-22-38-40(35)34-19-8-9-20-37(34)42(38)31-16-10-13-29(26-31)39-32-17-6-4-11-27(32)25-28-12-5-7-18-33(28)39/h1-30H;2*1-26H. The van der Waals surface area contributed by atoms with Crippen LogP contribution in [0, 0.1) is 0 Å². The highest BCUT2D eigenvalue weighted by Gasteiger charge is 2.26. The van der Waals surface area contributed by atoms with E-state index < -0.39 is 0 Å². The van der Waals surface area contributed by atoms with Crippen molar-refractivity contribution in [3.8, 4) is 78.6 Å². The lowest BCUT2D eigenvalue weighted by Gasteiger charge is -2.19. The van der Waals surface area contributed by atoms with Gasteiger partial charge in [-0.1, -0.05) is 340 Å². The highest BCUT2D eigenvalue weighted by molar-refractivity contribution is 6.28. The largest absolute Gasteiger partial charge is 0.317 e. The van der Waals surface area contributed by atoms with E-state index in [9.17, 15) is 0 Å². The fourth-order valence-electron chi connectivity index (χ4n) is 21.8. The maximum atomic E-state index is 2.50. The fraction of sp³-hybridized carbons (Fsp3) is 0. The van der Waals surface area contributed by atoms with E-state index in [0.717, 1.165) is 11.4 Å². The summed E-state index contributed by atoms with van der Waals surface area (Å²) in [5.41, 5.74) is 28.1. The zero-order chi connectivity index (χ0) is 86.9. The predicted molar refractivity (Wildman–Crippen MR) is 560 cm³/mol. The molecule has 6 heterocycles. The molecule has 6 aromatic heterocycles. The lowest BCUT2D eigenvalue weighted by atomic mass is 9.86. The Hall–Kier alpha value is -17.6. The van der Waals surface area contributed by atoms with Gasteiger partial charge >= 0.3 is 0 Å². The number of nitrogens with zero attached hydrogens (tertiary/aromatic N) is 6. The maximum Gasteiger partial charge on any atom is 0.0619 e. The van der Waals surface area contributed by atoms with Crippen LogP contribution in [0.25, 0.3) is 241 Å². The molecule has 132 heavy (non-hydrogen) atoms. The van der Waals surface area contributed by atoms with Crippen LogP contribution in [0.1, 0.15) is 0 Å². The van der Waals surface area contributed by atoms with Crippen molar-refractivity contribution in [2.45, 2.75) is 0 Å². The van der Waals surface area contributed by atoms with Gasteiger partial charge in [0.15, 0.2) is 0 Å². The molecule has 0 fully saturated rings. The Morgan fingerprint density at radius 1 is 0.129 bits per heavy atom. The third-order valence-corrected chi connectivity index (χ3v) is 27.4. The number of fused-ring (bicyclic) bond motifs is 21. The Kier molecular flexibility index (Phi) is 17.9. The van der Waals surface area contributed by atoms with Gasteiger partial charge in [-0.05, 0) is 238 Å². The van der Waals surface area contributed by atoms with Gasteiger partial charge in [0.1, 0.15) is 0 Å². The van der Waals surface area contributed by atoms with Crippen molar-refractivity contribution in [2.75, 3.05) is 0 Å². The smallest absolute Gasteiger partial charge is 0.0619 e. The molecular formula is C126H82N6. The van der Waals surface area contributed by atoms with Gasteiger partial charge in [-0.25, -0.2) is 0 Å². The fourth-order valence-corrected chi connectivity index (χ4v) is 21.8. The van der Waals surface area contributed by atoms with Crippen molar-refractivity contribution in [1.29, 1.82) is 0 Å². The number of aromatic nitrogens is 6. The summed E-state index contributed by atoms with van der Waals surface area (Å²) >= 11 is 0. The molecule has 0 bridgehead atoms. The van der Waals surface area contributed by atoms with E-state index in [4.69, 9.17) is 0 Å². The highest BCUT2D eigenvalue weighted by Crippen LogP contribution is 2.50. The van der Waals surface area contributed by atoms with Gasteiger partial charge in [0.25, 0.3) is 0 Å². The first-order chi connectivity index (χ1) is 65.6. The van der Waals surface area contributed by atoms with Gasteiger partial charge in [0.05, 0.1) is 55.3 Å². The zero-order valence-corrected chi connectivity index (χ0v) is 72.0. The average Bonchev–Trinajstić information content (AvgIpc) is 1.51. The first-order valence-corrected chi connectivity index (χ1v) is 45.4. The average molecular weight is 1680 g/mol. The molecule has 616 valence electrons. The second kappa shape index (κ2) is 31.2. The molecule has 0 aliphatic carbocycles. The van der Waals surface area contributed by atoms with Crippen molar-refractivity contribution < 1.29 is 0 Å². The monoisotopic (exact) mass is 1680 g/mol. The summed E-state index contributed by atoms with van der Waals surface area (Å²) in [4.78, 5) is 0. The van der Waals surface area contributed by atoms with Crippen LogP contribution >= 0.6 is 0 Å². The van der Waals surface area contributed by atoms with Gasteiger partial charge in [-0.2, -0.15) is 0 Å². The normalized spacial score (nSPS) is 11.8. The molecule has 0 atom stereocenters. The number of hydrogen-bond acceptors (Lipinski definition) is 0. The lowest BCUT2D eigenvalue weighted by Crippen LogP contribution is -1.99. The van der Waals surface area contributed by atoms with E-state index in [1.165, 1.54) is 230 Å². The van der Waals surface area contributed by atoms with Crippen molar-refractivity contribution in [1.82, 2.24) is 27.4 Å². The lowest BCUT2D eigenvalue weighted by molar-refractivity contribution is 1.13. The molecule has 0 aliphatic heterocycles. The third kappa shape index (κ3) is 12.1.